The van der Waals surface area contributed by atoms with Crippen LogP contribution in [0.15, 0.2) is 29.6 Å². The number of rotatable bonds is 4. The predicted octanol–water partition coefficient (Wildman–Crippen LogP) is 4.46. The molecule has 0 spiro atoms. The lowest BCUT2D eigenvalue weighted by Crippen LogP contribution is -2.05. The average Bonchev–Trinajstić information content (AvgIpc) is 2.93. The van der Waals surface area contributed by atoms with Gasteiger partial charge < -0.3 is 5.32 Å². The maximum Gasteiger partial charge on any atom is 0.169 e. The zero-order chi connectivity index (χ0) is 14.8. The lowest BCUT2D eigenvalue weighted by atomic mass is 10.2. The minimum atomic E-state index is -0.660. The number of anilines is 1. The maximum atomic E-state index is 13.9. The van der Waals surface area contributed by atoms with Crippen molar-refractivity contribution in [1.29, 1.82) is 0 Å². The molecule has 3 rings (SSSR count). The predicted molar refractivity (Wildman–Crippen MR) is 81.5 cm³/mol. The van der Waals surface area contributed by atoms with Crippen LogP contribution in [0.2, 0.25) is 0 Å². The summed E-state index contributed by atoms with van der Waals surface area (Å²) in [6.07, 6.45) is 0.930. The van der Waals surface area contributed by atoms with Gasteiger partial charge >= 0.3 is 0 Å². The second-order valence-corrected chi connectivity index (χ2v) is 5.45. The van der Waals surface area contributed by atoms with Crippen molar-refractivity contribution in [3.8, 4) is 11.4 Å². The third kappa shape index (κ3) is 2.58. The third-order valence-electron chi connectivity index (χ3n) is 3.05. The molecule has 21 heavy (non-hydrogen) atoms. The van der Waals surface area contributed by atoms with Gasteiger partial charge in [0, 0.05) is 6.54 Å². The van der Waals surface area contributed by atoms with Crippen molar-refractivity contribution in [3.05, 3.63) is 41.3 Å². The van der Waals surface area contributed by atoms with E-state index in [2.05, 4.69) is 15.3 Å². The number of hydrogen-bond acceptors (Lipinski definition) is 4. The van der Waals surface area contributed by atoms with Gasteiger partial charge in [0.05, 0.1) is 10.9 Å². The molecule has 0 bridgehead atoms. The lowest BCUT2D eigenvalue weighted by Gasteiger charge is -2.09. The van der Waals surface area contributed by atoms with E-state index in [4.69, 9.17) is 0 Å². The van der Waals surface area contributed by atoms with Gasteiger partial charge in [0.15, 0.2) is 5.82 Å². The van der Waals surface area contributed by atoms with Crippen molar-refractivity contribution in [2.45, 2.75) is 13.3 Å². The molecule has 6 heteroatoms. The molecule has 1 N–H and O–H groups in total. The molecule has 0 aliphatic rings. The van der Waals surface area contributed by atoms with E-state index in [0.29, 0.717) is 10.6 Å². The SMILES string of the molecule is CCCNc1nc(-c2c(F)cccc2F)nc2sccc12. The van der Waals surface area contributed by atoms with E-state index >= 15 is 0 Å². The molecule has 0 unspecified atom stereocenters. The van der Waals surface area contributed by atoms with Crippen molar-refractivity contribution >= 4 is 27.4 Å². The highest BCUT2D eigenvalue weighted by atomic mass is 32.1. The lowest BCUT2D eigenvalue weighted by molar-refractivity contribution is 0.587. The molecule has 2 aromatic heterocycles. The summed E-state index contributed by atoms with van der Waals surface area (Å²) in [5.74, 6) is -0.639. The van der Waals surface area contributed by atoms with Crippen LogP contribution in [0.5, 0.6) is 0 Å². The van der Waals surface area contributed by atoms with E-state index in [1.165, 1.54) is 29.5 Å². The summed E-state index contributed by atoms with van der Waals surface area (Å²) in [7, 11) is 0. The molecule has 108 valence electrons. The van der Waals surface area contributed by atoms with Gasteiger partial charge in [-0.15, -0.1) is 11.3 Å². The Labute approximate surface area is 124 Å². The first-order valence-electron chi connectivity index (χ1n) is 6.64. The number of thiophene rings is 1. The summed E-state index contributed by atoms with van der Waals surface area (Å²) in [6, 6.07) is 5.65. The molecule has 0 saturated carbocycles. The van der Waals surface area contributed by atoms with Gasteiger partial charge in [0.1, 0.15) is 22.3 Å². The van der Waals surface area contributed by atoms with Crippen LogP contribution in [-0.2, 0) is 0 Å². The normalized spacial score (nSPS) is 11.0. The second-order valence-electron chi connectivity index (χ2n) is 4.56. The molecular weight excluding hydrogens is 292 g/mol. The van der Waals surface area contributed by atoms with Gasteiger partial charge in [-0.3, -0.25) is 0 Å². The van der Waals surface area contributed by atoms with Crippen LogP contribution < -0.4 is 5.32 Å². The van der Waals surface area contributed by atoms with Crippen LogP contribution in [-0.4, -0.2) is 16.5 Å². The fourth-order valence-electron chi connectivity index (χ4n) is 2.06. The minimum Gasteiger partial charge on any atom is -0.369 e. The zero-order valence-corrected chi connectivity index (χ0v) is 12.2. The van der Waals surface area contributed by atoms with Crippen LogP contribution in [0.1, 0.15) is 13.3 Å². The highest BCUT2D eigenvalue weighted by Crippen LogP contribution is 2.30. The van der Waals surface area contributed by atoms with Gasteiger partial charge in [0.2, 0.25) is 0 Å². The molecule has 3 nitrogen and oxygen atoms in total. The van der Waals surface area contributed by atoms with Gasteiger partial charge in [-0.05, 0) is 30.0 Å². The quantitative estimate of drug-likeness (QED) is 0.773. The number of nitrogens with zero attached hydrogens (tertiary/aromatic N) is 2. The number of halogens is 2. The molecular formula is C15H13F2N3S. The Balaban J connectivity index is 2.19. The Bertz CT molecular complexity index is 765. The van der Waals surface area contributed by atoms with Crippen LogP contribution in [0.3, 0.4) is 0 Å². The monoisotopic (exact) mass is 305 g/mol. The molecule has 0 fully saturated rings. The summed E-state index contributed by atoms with van der Waals surface area (Å²) in [5, 5.41) is 5.94. The standard InChI is InChI=1S/C15H13F2N3S/c1-2-7-18-13-9-6-8-21-15(9)20-14(19-13)12-10(16)4-3-5-11(12)17/h3-6,8H,2,7H2,1H3,(H,18,19,20). The third-order valence-corrected chi connectivity index (χ3v) is 3.86. The largest absolute Gasteiger partial charge is 0.369 e. The number of benzene rings is 1. The van der Waals surface area contributed by atoms with E-state index in [0.717, 1.165) is 18.4 Å². The minimum absolute atomic E-state index is 0.0687. The summed E-state index contributed by atoms with van der Waals surface area (Å²) in [4.78, 5) is 9.30. The van der Waals surface area contributed by atoms with Crippen LogP contribution >= 0.6 is 11.3 Å². The van der Waals surface area contributed by atoms with Crippen molar-refractivity contribution < 1.29 is 8.78 Å². The van der Waals surface area contributed by atoms with E-state index in [1.54, 1.807) is 0 Å². The second kappa shape index (κ2) is 5.73. The molecule has 0 atom stereocenters. The Hall–Kier alpha value is -2.08. The molecule has 3 aromatic rings. The first-order valence-corrected chi connectivity index (χ1v) is 7.52. The van der Waals surface area contributed by atoms with Crippen molar-refractivity contribution in [2.75, 3.05) is 11.9 Å². The van der Waals surface area contributed by atoms with E-state index in [9.17, 15) is 8.78 Å². The first-order chi connectivity index (χ1) is 10.2. The molecule has 0 aliphatic carbocycles. The molecule has 2 heterocycles. The van der Waals surface area contributed by atoms with Crippen LogP contribution in [0, 0.1) is 11.6 Å². The van der Waals surface area contributed by atoms with E-state index in [1.807, 2.05) is 18.4 Å². The Morgan fingerprint density at radius 3 is 2.62 bits per heavy atom. The van der Waals surface area contributed by atoms with E-state index < -0.39 is 11.6 Å². The molecule has 0 saturated heterocycles. The van der Waals surface area contributed by atoms with Crippen LogP contribution in [0.25, 0.3) is 21.6 Å². The molecule has 0 amide bonds. The number of nitrogens with one attached hydrogen (secondary N) is 1. The average molecular weight is 305 g/mol. The van der Waals surface area contributed by atoms with E-state index in [-0.39, 0.29) is 11.4 Å². The smallest absolute Gasteiger partial charge is 0.169 e. The number of aromatic nitrogens is 2. The van der Waals surface area contributed by atoms with Crippen LogP contribution in [0.4, 0.5) is 14.6 Å². The highest BCUT2D eigenvalue weighted by Gasteiger charge is 2.17. The molecule has 0 aliphatic heterocycles. The van der Waals surface area contributed by atoms with Crippen molar-refractivity contribution in [1.82, 2.24) is 9.97 Å². The number of fused-ring (bicyclic) bond motifs is 1. The summed E-state index contributed by atoms with van der Waals surface area (Å²) in [6.45, 7) is 2.78. The fourth-order valence-corrected chi connectivity index (χ4v) is 2.82. The zero-order valence-electron chi connectivity index (χ0n) is 11.4. The summed E-state index contributed by atoms with van der Waals surface area (Å²) < 4.78 is 27.8. The maximum absolute atomic E-state index is 13.9. The van der Waals surface area contributed by atoms with Gasteiger partial charge in [0.25, 0.3) is 0 Å². The Kier molecular flexibility index (Phi) is 3.79. The molecule has 1 aromatic carbocycles. The van der Waals surface area contributed by atoms with Gasteiger partial charge in [-0.25, -0.2) is 18.7 Å². The topological polar surface area (TPSA) is 37.8 Å². The first kappa shape index (κ1) is 13.9. The molecule has 0 radical (unpaired) electrons. The Morgan fingerprint density at radius 2 is 1.90 bits per heavy atom. The van der Waals surface area contributed by atoms with Gasteiger partial charge in [-0.1, -0.05) is 13.0 Å². The number of hydrogen-bond donors (Lipinski definition) is 1. The summed E-state index contributed by atoms with van der Waals surface area (Å²) >= 11 is 1.42. The fraction of sp³-hybridized carbons (Fsp3) is 0.200. The highest BCUT2D eigenvalue weighted by molar-refractivity contribution is 7.16. The van der Waals surface area contributed by atoms with Crippen molar-refractivity contribution in [2.24, 2.45) is 0 Å². The Morgan fingerprint density at radius 1 is 1.14 bits per heavy atom. The summed E-state index contributed by atoms with van der Waals surface area (Å²) in [5.41, 5.74) is -0.188. The van der Waals surface area contributed by atoms with Crippen molar-refractivity contribution in [3.63, 3.8) is 0 Å². The van der Waals surface area contributed by atoms with Gasteiger partial charge in [-0.2, -0.15) is 0 Å².